The molecule has 0 spiro atoms. The zero-order valence-electron chi connectivity index (χ0n) is 9.30. The van der Waals surface area contributed by atoms with Crippen LogP contribution in [0.3, 0.4) is 0 Å². The van der Waals surface area contributed by atoms with E-state index in [9.17, 15) is 8.78 Å². The van der Waals surface area contributed by atoms with Crippen LogP contribution in [-0.4, -0.2) is 6.43 Å². The van der Waals surface area contributed by atoms with E-state index in [-0.39, 0.29) is 0 Å². The average molecular weight is 213 g/mol. The highest BCUT2D eigenvalue weighted by Crippen LogP contribution is 2.39. The summed E-state index contributed by atoms with van der Waals surface area (Å²) in [6.07, 6.45) is -2.35. The Bertz CT molecular complexity index is 311. The zero-order valence-corrected chi connectivity index (χ0v) is 9.30. The van der Waals surface area contributed by atoms with Crippen molar-refractivity contribution in [3.05, 3.63) is 29.8 Å². The lowest BCUT2D eigenvalue weighted by Gasteiger charge is -2.30. The van der Waals surface area contributed by atoms with Crippen LogP contribution in [0.4, 0.5) is 14.5 Å². The predicted molar refractivity (Wildman–Crippen MR) is 59.1 cm³/mol. The molecule has 84 valence electrons. The van der Waals surface area contributed by atoms with E-state index in [0.29, 0.717) is 11.3 Å². The van der Waals surface area contributed by atoms with Gasteiger partial charge < -0.3 is 5.73 Å². The van der Waals surface area contributed by atoms with Crippen LogP contribution in [0.5, 0.6) is 0 Å². The molecule has 0 heterocycles. The summed E-state index contributed by atoms with van der Waals surface area (Å²) in [5, 5.41) is 0. The van der Waals surface area contributed by atoms with Gasteiger partial charge in [0.15, 0.2) is 0 Å². The topological polar surface area (TPSA) is 26.0 Å². The first-order chi connectivity index (χ1) is 6.82. The van der Waals surface area contributed by atoms with Gasteiger partial charge in [0, 0.05) is 11.6 Å². The summed E-state index contributed by atoms with van der Waals surface area (Å²) >= 11 is 0. The fraction of sp³-hybridized carbons (Fsp3) is 0.500. The first-order valence-electron chi connectivity index (χ1n) is 4.96. The van der Waals surface area contributed by atoms with Gasteiger partial charge in [0.05, 0.1) is 0 Å². The van der Waals surface area contributed by atoms with Crippen molar-refractivity contribution < 1.29 is 8.78 Å². The van der Waals surface area contributed by atoms with Gasteiger partial charge in [-0.3, -0.25) is 0 Å². The second-order valence-electron chi connectivity index (χ2n) is 4.84. The molecule has 0 aliphatic heterocycles. The van der Waals surface area contributed by atoms with E-state index < -0.39 is 17.8 Å². The number of hydrogen-bond donors (Lipinski definition) is 1. The van der Waals surface area contributed by atoms with Gasteiger partial charge >= 0.3 is 0 Å². The molecule has 1 atom stereocenters. The van der Waals surface area contributed by atoms with Gasteiger partial charge in [0.25, 0.3) is 0 Å². The highest BCUT2D eigenvalue weighted by Gasteiger charge is 2.33. The summed E-state index contributed by atoms with van der Waals surface area (Å²) in [6.45, 7) is 5.46. The van der Waals surface area contributed by atoms with Crippen LogP contribution in [0.15, 0.2) is 24.3 Å². The van der Waals surface area contributed by atoms with Gasteiger partial charge in [0.2, 0.25) is 6.43 Å². The second kappa shape index (κ2) is 4.17. The van der Waals surface area contributed by atoms with Crippen molar-refractivity contribution in [2.24, 2.45) is 5.41 Å². The van der Waals surface area contributed by atoms with Gasteiger partial charge in [0.1, 0.15) is 0 Å². The maximum atomic E-state index is 13.0. The van der Waals surface area contributed by atoms with Gasteiger partial charge in [-0.05, 0) is 23.1 Å². The van der Waals surface area contributed by atoms with Gasteiger partial charge in [-0.2, -0.15) is 0 Å². The molecule has 1 aromatic rings. The molecule has 0 fully saturated rings. The van der Waals surface area contributed by atoms with Crippen molar-refractivity contribution in [2.75, 3.05) is 5.73 Å². The Morgan fingerprint density at radius 3 is 1.87 bits per heavy atom. The third-order valence-corrected chi connectivity index (χ3v) is 2.48. The van der Waals surface area contributed by atoms with Crippen LogP contribution in [0, 0.1) is 5.41 Å². The first-order valence-corrected chi connectivity index (χ1v) is 4.96. The molecule has 0 aromatic heterocycles. The largest absolute Gasteiger partial charge is 0.399 e. The molecule has 1 unspecified atom stereocenters. The van der Waals surface area contributed by atoms with Crippen molar-refractivity contribution in [2.45, 2.75) is 33.1 Å². The quantitative estimate of drug-likeness (QED) is 0.745. The van der Waals surface area contributed by atoms with E-state index >= 15 is 0 Å². The summed E-state index contributed by atoms with van der Waals surface area (Å²) in [5.74, 6) is -0.752. The lowest BCUT2D eigenvalue weighted by atomic mass is 9.77. The Labute approximate surface area is 89.3 Å². The Morgan fingerprint density at radius 2 is 1.53 bits per heavy atom. The Balaban J connectivity index is 3.05. The number of alkyl halides is 2. The molecule has 0 aliphatic rings. The fourth-order valence-corrected chi connectivity index (χ4v) is 1.73. The number of nitrogen functional groups attached to an aromatic ring is 1. The highest BCUT2D eigenvalue weighted by atomic mass is 19.3. The van der Waals surface area contributed by atoms with E-state index in [1.807, 2.05) is 20.8 Å². The third kappa shape index (κ3) is 2.91. The van der Waals surface area contributed by atoms with Crippen molar-refractivity contribution >= 4 is 5.69 Å². The van der Waals surface area contributed by atoms with E-state index in [0.717, 1.165) is 0 Å². The maximum absolute atomic E-state index is 13.0. The third-order valence-electron chi connectivity index (χ3n) is 2.48. The van der Waals surface area contributed by atoms with Crippen molar-refractivity contribution in [3.8, 4) is 0 Å². The SMILES string of the molecule is CC(C)(C)C(c1ccc(N)cc1)C(F)F. The Kier molecular flexibility index (Phi) is 3.32. The van der Waals surface area contributed by atoms with Crippen molar-refractivity contribution in [1.29, 1.82) is 0 Å². The number of nitrogens with two attached hydrogens (primary N) is 1. The van der Waals surface area contributed by atoms with Gasteiger partial charge in [-0.1, -0.05) is 32.9 Å². The summed E-state index contributed by atoms with van der Waals surface area (Å²) in [7, 11) is 0. The lowest BCUT2D eigenvalue weighted by molar-refractivity contribution is 0.0624. The monoisotopic (exact) mass is 213 g/mol. The fourth-order valence-electron chi connectivity index (χ4n) is 1.73. The highest BCUT2D eigenvalue weighted by molar-refractivity contribution is 5.40. The molecular weight excluding hydrogens is 196 g/mol. The molecule has 0 amide bonds. The van der Waals surface area contributed by atoms with E-state index in [2.05, 4.69) is 0 Å². The van der Waals surface area contributed by atoms with Crippen LogP contribution < -0.4 is 5.73 Å². The molecule has 2 N–H and O–H groups in total. The molecule has 0 saturated carbocycles. The number of rotatable bonds is 2. The molecule has 0 radical (unpaired) electrons. The summed E-state index contributed by atoms with van der Waals surface area (Å²) in [5.41, 5.74) is 6.31. The smallest absolute Gasteiger partial charge is 0.245 e. The standard InChI is InChI=1S/C12H17F2N/c1-12(2,3)10(11(13)14)8-4-6-9(15)7-5-8/h4-7,10-11H,15H2,1-3H3. The van der Waals surface area contributed by atoms with E-state index in [4.69, 9.17) is 5.73 Å². The van der Waals surface area contributed by atoms with Crippen LogP contribution in [0.25, 0.3) is 0 Å². The predicted octanol–water partition coefficient (Wildman–Crippen LogP) is 3.66. The maximum Gasteiger partial charge on any atom is 0.245 e. The number of anilines is 1. The van der Waals surface area contributed by atoms with E-state index in [1.54, 1.807) is 24.3 Å². The Morgan fingerprint density at radius 1 is 1.07 bits per heavy atom. The van der Waals surface area contributed by atoms with Crippen LogP contribution in [0.2, 0.25) is 0 Å². The number of halogens is 2. The summed E-state index contributed by atoms with van der Waals surface area (Å²) in [4.78, 5) is 0. The molecule has 0 aliphatic carbocycles. The molecule has 15 heavy (non-hydrogen) atoms. The Hall–Kier alpha value is -1.12. The average Bonchev–Trinajstić information content (AvgIpc) is 2.05. The molecule has 1 rings (SSSR count). The normalized spacial score (nSPS) is 14.3. The summed E-state index contributed by atoms with van der Waals surface area (Å²) < 4.78 is 25.9. The minimum absolute atomic E-state index is 0.454. The number of hydrogen-bond acceptors (Lipinski definition) is 1. The molecule has 0 bridgehead atoms. The minimum atomic E-state index is -2.35. The van der Waals surface area contributed by atoms with Crippen LogP contribution in [0.1, 0.15) is 32.3 Å². The first kappa shape index (κ1) is 12.0. The van der Waals surface area contributed by atoms with Gasteiger partial charge in [-0.25, -0.2) is 8.78 Å². The van der Waals surface area contributed by atoms with Gasteiger partial charge in [-0.15, -0.1) is 0 Å². The van der Waals surface area contributed by atoms with Crippen LogP contribution in [-0.2, 0) is 0 Å². The minimum Gasteiger partial charge on any atom is -0.399 e. The number of benzene rings is 1. The molecule has 3 heteroatoms. The second-order valence-corrected chi connectivity index (χ2v) is 4.84. The lowest BCUT2D eigenvalue weighted by Crippen LogP contribution is -2.24. The molecule has 1 aromatic carbocycles. The van der Waals surface area contributed by atoms with Crippen molar-refractivity contribution in [3.63, 3.8) is 0 Å². The van der Waals surface area contributed by atoms with Crippen LogP contribution >= 0.6 is 0 Å². The summed E-state index contributed by atoms with van der Waals surface area (Å²) in [6, 6.07) is 6.68. The zero-order chi connectivity index (χ0) is 11.6. The van der Waals surface area contributed by atoms with Crippen molar-refractivity contribution in [1.82, 2.24) is 0 Å². The molecule has 0 saturated heterocycles. The molecule has 1 nitrogen and oxygen atoms in total. The molecular formula is C12H17F2N. The van der Waals surface area contributed by atoms with E-state index in [1.165, 1.54) is 0 Å².